The van der Waals surface area contributed by atoms with Gasteiger partial charge in [-0.1, -0.05) is 19.4 Å². The summed E-state index contributed by atoms with van der Waals surface area (Å²) in [6, 6.07) is 6.41. The molecule has 0 N–H and O–H groups in total. The molecule has 0 radical (unpaired) electrons. The fourth-order valence-corrected chi connectivity index (χ4v) is 5.07. The number of rotatable bonds is 4. The Bertz CT molecular complexity index is 791. The highest BCUT2D eigenvalue weighted by Gasteiger charge is 2.32. The van der Waals surface area contributed by atoms with E-state index in [0.717, 1.165) is 70.0 Å². The molecule has 0 aliphatic carbocycles. The van der Waals surface area contributed by atoms with Gasteiger partial charge < -0.3 is 14.5 Å². The maximum atomic E-state index is 13.4. The van der Waals surface area contributed by atoms with Crippen molar-refractivity contribution in [3.05, 3.63) is 29.3 Å². The van der Waals surface area contributed by atoms with Crippen LogP contribution >= 0.6 is 0 Å². The summed E-state index contributed by atoms with van der Waals surface area (Å²) in [5.41, 5.74) is 2.34. The molecular weight excluding hydrogens is 392 g/mol. The topological polar surface area (TPSA) is 56.3 Å². The lowest BCUT2D eigenvalue weighted by molar-refractivity contribution is -0.139. The second kappa shape index (κ2) is 10.0. The monoisotopic (exact) mass is 428 g/mol. The molecule has 7 nitrogen and oxygen atoms in total. The third kappa shape index (κ3) is 5.21. The lowest BCUT2D eigenvalue weighted by Gasteiger charge is -2.36. The zero-order valence-corrected chi connectivity index (χ0v) is 19.0. The fourth-order valence-electron chi connectivity index (χ4n) is 5.07. The van der Waals surface area contributed by atoms with E-state index in [1.54, 1.807) is 6.92 Å². The summed E-state index contributed by atoms with van der Waals surface area (Å²) in [6.07, 6.45) is 3.28. The number of ether oxygens (including phenoxy) is 1. The Morgan fingerprint density at radius 3 is 2.58 bits per heavy atom. The largest absolute Gasteiger partial charge is 0.491 e. The highest BCUT2D eigenvalue weighted by atomic mass is 16.5. The predicted octanol–water partition coefficient (Wildman–Crippen LogP) is 1.95. The maximum absolute atomic E-state index is 13.4. The minimum absolute atomic E-state index is 0.0149. The molecule has 2 fully saturated rings. The minimum Gasteiger partial charge on any atom is -0.491 e. The average Bonchev–Trinajstić information content (AvgIpc) is 3.01. The first-order valence-corrected chi connectivity index (χ1v) is 11.8. The number of likely N-dealkylation sites (tertiary alicyclic amines) is 1. The summed E-state index contributed by atoms with van der Waals surface area (Å²) < 4.78 is 5.99. The number of carbonyl (C=O) groups excluding carboxylic acids is 2. The van der Waals surface area contributed by atoms with Crippen molar-refractivity contribution in [2.45, 2.75) is 52.2 Å². The smallest absolute Gasteiger partial charge is 0.240 e. The number of carbonyl (C=O) groups is 2. The van der Waals surface area contributed by atoms with Gasteiger partial charge in [0.05, 0.1) is 12.6 Å². The van der Waals surface area contributed by atoms with Gasteiger partial charge in [0.2, 0.25) is 11.8 Å². The van der Waals surface area contributed by atoms with E-state index >= 15 is 0 Å². The molecule has 1 unspecified atom stereocenters. The summed E-state index contributed by atoms with van der Waals surface area (Å²) >= 11 is 0. The number of piperidine rings is 1. The second-order valence-corrected chi connectivity index (χ2v) is 8.97. The Kier molecular flexibility index (Phi) is 7.13. The number of hydrogen-bond donors (Lipinski definition) is 0. The van der Waals surface area contributed by atoms with Gasteiger partial charge in [0, 0.05) is 51.8 Å². The van der Waals surface area contributed by atoms with Crippen LogP contribution in [0.25, 0.3) is 0 Å². The van der Waals surface area contributed by atoms with E-state index < -0.39 is 0 Å². The molecule has 2 amide bonds. The van der Waals surface area contributed by atoms with E-state index in [0.29, 0.717) is 19.7 Å². The molecule has 3 aliphatic heterocycles. The Morgan fingerprint density at radius 1 is 1.03 bits per heavy atom. The van der Waals surface area contributed by atoms with Crippen molar-refractivity contribution in [3.8, 4) is 5.75 Å². The molecule has 0 spiro atoms. The number of piperazine rings is 1. The number of nitrogens with zero attached hydrogens (tertiary/aromatic N) is 4. The average molecular weight is 429 g/mol. The first-order valence-electron chi connectivity index (χ1n) is 11.8. The van der Waals surface area contributed by atoms with Crippen LogP contribution in [0.4, 0.5) is 0 Å². The lowest BCUT2D eigenvalue weighted by Crippen LogP contribution is -2.51. The standard InChI is InChI=1S/C24H36N4O3/c1-3-26-9-5-4-6-22(26)24(30)28-14-15-31-23-8-7-20(16-21(23)18-28)17-25-10-12-27(13-11-25)19(2)29/h7-8,16,22H,3-6,9-15,17-18H2,1-2H3. The van der Waals surface area contributed by atoms with E-state index in [1.807, 2.05) is 9.80 Å². The molecule has 1 aromatic carbocycles. The molecule has 4 rings (SSSR count). The normalized spacial score (nSPS) is 23.1. The number of amides is 2. The van der Waals surface area contributed by atoms with Crippen LogP contribution in [-0.4, -0.2) is 89.9 Å². The van der Waals surface area contributed by atoms with Crippen LogP contribution in [0.3, 0.4) is 0 Å². The summed E-state index contributed by atoms with van der Waals surface area (Å²) in [7, 11) is 0. The molecule has 2 saturated heterocycles. The highest BCUT2D eigenvalue weighted by molar-refractivity contribution is 5.82. The quantitative estimate of drug-likeness (QED) is 0.734. The third-order valence-electron chi connectivity index (χ3n) is 6.95. The second-order valence-electron chi connectivity index (χ2n) is 8.97. The Hall–Kier alpha value is -2.12. The van der Waals surface area contributed by atoms with E-state index in [9.17, 15) is 9.59 Å². The van der Waals surface area contributed by atoms with Gasteiger partial charge in [-0.15, -0.1) is 0 Å². The molecule has 170 valence electrons. The van der Waals surface area contributed by atoms with Gasteiger partial charge >= 0.3 is 0 Å². The van der Waals surface area contributed by atoms with Crippen molar-refractivity contribution in [3.63, 3.8) is 0 Å². The van der Waals surface area contributed by atoms with Crippen LogP contribution in [0.2, 0.25) is 0 Å². The van der Waals surface area contributed by atoms with Crippen molar-refractivity contribution in [2.24, 2.45) is 0 Å². The van der Waals surface area contributed by atoms with Gasteiger partial charge in [0.25, 0.3) is 0 Å². The van der Waals surface area contributed by atoms with Crippen LogP contribution in [0.5, 0.6) is 5.75 Å². The van der Waals surface area contributed by atoms with E-state index in [4.69, 9.17) is 4.74 Å². The van der Waals surface area contributed by atoms with Crippen molar-refractivity contribution in [1.29, 1.82) is 0 Å². The van der Waals surface area contributed by atoms with Crippen molar-refractivity contribution < 1.29 is 14.3 Å². The van der Waals surface area contributed by atoms with Gasteiger partial charge in [0.1, 0.15) is 12.4 Å². The minimum atomic E-state index is 0.0149. The predicted molar refractivity (Wildman–Crippen MR) is 120 cm³/mol. The fraction of sp³-hybridized carbons (Fsp3) is 0.667. The van der Waals surface area contributed by atoms with Crippen LogP contribution in [0, 0.1) is 0 Å². The first-order chi connectivity index (χ1) is 15.0. The van der Waals surface area contributed by atoms with Gasteiger partial charge in [-0.05, 0) is 43.6 Å². The zero-order valence-electron chi connectivity index (χ0n) is 19.0. The molecule has 0 saturated carbocycles. The number of hydrogen-bond acceptors (Lipinski definition) is 5. The van der Waals surface area contributed by atoms with Gasteiger partial charge in [-0.3, -0.25) is 19.4 Å². The SMILES string of the molecule is CCN1CCCCC1C(=O)N1CCOc2ccc(CN3CCN(C(C)=O)CC3)cc2C1. The summed E-state index contributed by atoms with van der Waals surface area (Å²) in [4.78, 5) is 33.5. The Morgan fingerprint density at radius 2 is 1.84 bits per heavy atom. The highest BCUT2D eigenvalue weighted by Crippen LogP contribution is 2.27. The van der Waals surface area contributed by atoms with Crippen LogP contribution in [0.15, 0.2) is 18.2 Å². The molecule has 3 aliphatic rings. The molecule has 3 heterocycles. The van der Waals surface area contributed by atoms with E-state index in [-0.39, 0.29) is 17.9 Å². The molecular formula is C24H36N4O3. The Balaban J connectivity index is 1.42. The number of likely N-dealkylation sites (N-methyl/N-ethyl adjacent to an activating group) is 1. The molecule has 0 bridgehead atoms. The van der Waals surface area contributed by atoms with Crippen molar-refractivity contribution in [1.82, 2.24) is 19.6 Å². The third-order valence-corrected chi connectivity index (χ3v) is 6.95. The summed E-state index contributed by atoms with van der Waals surface area (Å²) in [5.74, 6) is 1.31. The lowest BCUT2D eigenvalue weighted by atomic mass is 10.0. The van der Waals surface area contributed by atoms with E-state index in [2.05, 4.69) is 34.9 Å². The molecule has 1 atom stereocenters. The van der Waals surface area contributed by atoms with Gasteiger partial charge in [-0.2, -0.15) is 0 Å². The maximum Gasteiger partial charge on any atom is 0.240 e. The number of benzene rings is 1. The van der Waals surface area contributed by atoms with Gasteiger partial charge in [-0.25, -0.2) is 0 Å². The first kappa shape index (κ1) is 22.1. The summed E-state index contributed by atoms with van der Waals surface area (Å²) in [5, 5.41) is 0. The number of fused-ring (bicyclic) bond motifs is 1. The van der Waals surface area contributed by atoms with Crippen molar-refractivity contribution in [2.75, 3.05) is 52.4 Å². The molecule has 7 heteroatoms. The van der Waals surface area contributed by atoms with Crippen LogP contribution in [0.1, 0.15) is 44.2 Å². The zero-order chi connectivity index (χ0) is 21.8. The summed E-state index contributed by atoms with van der Waals surface area (Å²) in [6.45, 7) is 11.8. The molecule has 0 aromatic heterocycles. The molecule has 31 heavy (non-hydrogen) atoms. The van der Waals surface area contributed by atoms with Crippen molar-refractivity contribution >= 4 is 11.8 Å². The van der Waals surface area contributed by atoms with Crippen LogP contribution < -0.4 is 4.74 Å². The van der Waals surface area contributed by atoms with Crippen LogP contribution in [-0.2, 0) is 22.7 Å². The van der Waals surface area contributed by atoms with E-state index in [1.165, 1.54) is 12.0 Å². The molecule has 1 aromatic rings. The van der Waals surface area contributed by atoms with Gasteiger partial charge in [0.15, 0.2) is 0 Å². The Labute approximate surface area is 185 Å².